The lowest BCUT2D eigenvalue weighted by molar-refractivity contribution is -0.154. The second-order valence-electron chi connectivity index (χ2n) is 15.5. The lowest BCUT2D eigenvalue weighted by Gasteiger charge is -2.16. The van der Waals surface area contributed by atoms with Gasteiger partial charge in [-0.2, -0.15) is 0 Å². The van der Waals surface area contributed by atoms with Gasteiger partial charge in [0.05, 0.1) is 13.2 Å². The summed E-state index contributed by atoms with van der Waals surface area (Å²) >= 11 is 0. The molecule has 1 unspecified atom stereocenters. The fraction of sp³-hybridized carbons (Fsp3) is 0.745. The van der Waals surface area contributed by atoms with Crippen LogP contribution in [-0.2, 0) is 14.3 Å². The topological polar surface area (TPSA) is 55.8 Å². The number of rotatable bonds is 43. The highest BCUT2D eigenvalue weighted by Gasteiger charge is 2.13. The molecule has 0 aromatic carbocycles. The normalized spacial score (nSPS) is 13.0. The minimum Gasteiger partial charge on any atom is -0.457 e. The molecule has 0 rings (SSSR count). The highest BCUT2D eigenvalue weighted by atomic mass is 16.6. The molecule has 0 saturated carbocycles. The smallest absolute Gasteiger partial charge is 0.306 e. The van der Waals surface area contributed by atoms with Crippen molar-refractivity contribution in [3.63, 3.8) is 0 Å². The molecule has 0 spiro atoms. The molecule has 0 aromatic rings. The number of ether oxygens (including phenoxy) is 2. The van der Waals surface area contributed by atoms with Gasteiger partial charge in [-0.1, -0.05) is 222 Å². The molecule has 1 atom stereocenters. The Balaban J connectivity index is 3.49. The van der Waals surface area contributed by atoms with Crippen molar-refractivity contribution in [1.29, 1.82) is 0 Å². The second-order valence-corrected chi connectivity index (χ2v) is 15.5. The molecule has 1 N–H and O–H groups in total. The molecule has 0 fully saturated rings. The van der Waals surface area contributed by atoms with Crippen molar-refractivity contribution in [3.05, 3.63) is 72.9 Å². The van der Waals surface area contributed by atoms with E-state index in [0.29, 0.717) is 13.0 Å². The van der Waals surface area contributed by atoms with E-state index >= 15 is 0 Å². The summed E-state index contributed by atoms with van der Waals surface area (Å²) in [7, 11) is 0. The van der Waals surface area contributed by atoms with Crippen LogP contribution in [0.4, 0.5) is 0 Å². The highest BCUT2D eigenvalue weighted by molar-refractivity contribution is 5.69. The Morgan fingerprint density at radius 2 is 0.818 bits per heavy atom. The fourth-order valence-corrected chi connectivity index (χ4v) is 6.57. The lowest BCUT2D eigenvalue weighted by Crippen LogP contribution is -2.27. The molecule has 0 heterocycles. The minimum absolute atomic E-state index is 0.179. The van der Waals surface area contributed by atoms with E-state index in [2.05, 4.69) is 86.8 Å². The Bertz CT molecular complexity index is 942. The van der Waals surface area contributed by atoms with Gasteiger partial charge in [-0.25, -0.2) is 0 Å². The van der Waals surface area contributed by atoms with Gasteiger partial charge in [0.2, 0.25) is 0 Å². The van der Waals surface area contributed by atoms with Crippen LogP contribution in [0.1, 0.15) is 219 Å². The van der Waals surface area contributed by atoms with E-state index in [1.165, 1.54) is 128 Å². The predicted octanol–water partition coefficient (Wildman–Crippen LogP) is 15.8. The van der Waals surface area contributed by atoms with Gasteiger partial charge in [-0.05, 0) is 64.2 Å². The van der Waals surface area contributed by atoms with Crippen LogP contribution in [0.5, 0.6) is 0 Å². The van der Waals surface area contributed by atoms with Crippen LogP contribution >= 0.6 is 0 Å². The molecule has 0 aliphatic rings. The van der Waals surface area contributed by atoms with Crippen molar-refractivity contribution >= 4 is 5.97 Å². The van der Waals surface area contributed by atoms with Crippen molar-refractivity contribution < 1.29 is 19.4 Å². The number of aliphatic hydroxyl groups is 1. The second kappa shape index (κ2) is 48.0. The van der Waals surface area contributed by atoms with Crippen LogP contribution in [0.25, 0.3) is 0 Å². The maximum Gasteiger partial charge on any atom is 0.306 e. The van der Waals surface area contributed by atoms with Gasteiger partial charge in [0.1, 0.15) is 6.10 Å². The molecule has 318 valence electrons. The Kier molecular flexibility index (Phi) is 46.1. The molecule has 4 nitrogen and oxygen atoms in total. The fourth-order valence-electron chi connectivity index (χ4n) is 6.57. The van der Waals surface area contributed by atoms with E-state index in [1.807, 2.05) is 0 Å². The summed E-state index contributed by atoms with van der Waals surface area (Å²) in [5.41, 5.74) is 0. The maximum absolute atomic E-state index is 12.2. The predicted molar refractivity (Wildman–Crippen MR) is 242 cm³/mol. The first kappa shape index (κ1) is 52.8. The summed E-state index contributed by atoms with van der Waals surface area (Å²) in [6.07, 6.45) is 65.4. The minimum atomic E-state index is -0.544. The van der Waals surface area contributed by atoms with Crippen LogP contribution in [0.2, 0.25) is 0 Å². The molecule has 0 aliphatic heterocycles. The third kappa shape index (κ3) is 46.1. The molecule has 0 saturated heterocycles. The Morgan fingerprint density at radius 3 is 1.24 bits per heavy atom. The average molecular weight is 767 g/mol. The first-order valence-electron chi connectivity index (χ1n) is 23.5. The third-order valence-electron chi connectivity index (χ3n) is 10.0. The quantitative estimate of drug-likeness (QED) is 0.0381. The Labute approximate surface area is 342 Å². The van der Waals surface area contributed by atoms with Gasteiger partial charge in [0.15, 0.2) is 0 Å². The first-order valence-corrected chi connectivity index (χ1v) is 23.5. The standard InChI is InChI=1S/C51H90O4/c1-3-5-7-9-11-13-15-17-19-21-23-24-25-26-27-28-29-30-32-34-36-38-40-42-44-46-51(53)55-50(48-52)49-54-47-45-43-41-39-37-35-33-31-22-20-18-16-14-12-10-8-6-4-2/h5,7,11,13,17,19,23-24,26-27,29-30,50,52H,3-4,6,8-10,12,14-16,18,20-22,25,28,31-49H2,1-2H3/b7-5-,13-11-,19-17-,24-23-,27-26-,30-29-. The molecule has 0 aromatic heterocycles. The van der Waals surface area contributed by atoms with E-state index in [1.54, 1.807) is 0 Å². The van der Waals surface area contributed by atoms with Crippen LogP contribution in [0, 0.1) is 0 Å². The zero-order chi connectivity index (χ0) is 39.8. The summed E-state index contributed by atoms with van der Waals surface area (Å²) in [6.45, 7) is 5.24. The number of carbonyl (C=O) groups is 1. The maximum atomic E-state index is 12.2. The lowest BCUT2D eigenvalue weighted by atomic mass is 10.0. The summed E-state index contributed by atoms with van der Waals surface area (Å²) in [6, 6.07) is 0. The summed E-state index contributed by atoms with van der Waals surface area (Å²) in [5, 5.41) is 9.63. The van der Waals surface area contributed by atoms with Crippen molar-refractivity contribution in [3.8, 4) is 0 Å². The number of hydrogen-bond donors (Lipinski definition) is 1. The summed E-state index contributed by atoms with van der Waals surface area (Å²) in [4.78, 5) is 12.2. The van der Waals surface area contributed by atoms with Gasteiger partial charge < -0.3 is 14.6 Å². The largest absolute Gasteiger partial charge is 0.457 e. The van der Waals surface area contributed by atoms with Gasteiger partial charge >= 0.3 is 5.97 Å². The van der Waals surface area contributed by atoms with E-state index in [-0.39, 0.29) is 19.2 Å². The van der Waals surface area contributed by atoms with Crippen molar-refractivity contribution in [2.24, 2.45) is 0 Å². The molecule has 0 bridgehead atoms. The summed E-state index contributed by atoms with van der Waals surface area (Å²) in [5.74, 6) is -0.214. The van der Waals surface area contributed by atoms with Crippen LogP contribution < -0.4 is 0 Å². The molecule has 0 radical (unpaired) electrons. The van der Waals surface area contributed by atoms with E-state index in [0.717, 1.165) is 70.6 Å². The zero-order valence-electron chi connectivity index (χ0n) is 36.4. The number of allylic oxidation sites excluding steroid dienone is 12. The number of carbonyl (C=O) groups excluding carboxylic acids is 1. The van der Waals surface area contributed by atoms with E-state index in [9.17, 15) is 9.90 Å². The molecular weight excluding hydrogens is 677 g/mol. The van der Waals surface area contributed by atoms with Crippen molar-refractivity contribution in [2.45, 2.75) is 225 Å². The number of hydrogen-bond acceptors (Lipinski definition) is 4. The number of unbranched alkanes of at least 4 members (excludes halogenated alkanes) is 23. The number of aliphatic hydroxyl groups excluding tert-OH is 1. The molecule has 0 amide bonds. The Morgan fingerprint density at radius 1 is 0.455 bits per heavy atom. The molecular formula is C51H90O4. The monoisotopic (exact) mass is 767 g/mol. The van der Waals surface area contributed by atoms with Gasteiger partial charge in [0.25, 0.3) is 0 Å². The number of esters is 1. The summed E-state index contributed by atoms with van der Waals surface area (Å²) < 4.78 is 11.2. The Hall–Kier alpha value is -2.17. The molecule has 0 aliphatic carbocycles. The highest BCUT2D eigenvalue weighted by Crippen LogP contribution is 2.15. The molecule has 4 heteroatoms. The zero-order valence-corrected chi connectivity index (χ0v) is 36.4. The van der Waals surface area contributed by atoms with Gasteiger partial charge in [-0.3, -0.25) is 4.79 Å². The van der Waals surface area contributed by atoms with E-state index in [4.69, 9.17) is 9.47 Å². The SMILES string of the molecule is CC/C=C\C/C=C\C/C=C\C/C=C\C/C=C\C/C=C\CCCCCCCCC(=O)OC(CO)COCCCCCCCCCCCCCCCCCCCC. The van der Waals surface area contributed by atoms with Crippen molar-refractivity contribution in [2.75, 3.05) is 19.8 Å². The first-order chi connectivity index (χ1) is 27.2. The van der Waals surface area contributed by atoms with Crippen LogP contribution in [-0.4, -0.2) is 37.0 Å². The van der Waals surface area contributed by atoms with Crippen LogP contribution in [0.15, 0.2) is 72.9 Å². The van der Waals surface area contributed by atoms with Crippen LogP contribution in [0.3, 0.4) is 0 Å². The average Bonchev–Trinajstić information content (AvgIpc) is 3.19. The van der Waals surface area contributed by atoms with E-state index < -0.39 is 6.10 Å². The van der Waals surface area contributed by atoms with Gasteiger partial charge in [0, 0.05) is 13.0 Å². The van der Waals surface area contributed by atoms with Gasteiger partial charge in [-0.15, -0.1) is 0 Å². The molecule has 55 heavy (non-hydrogen) atoms. The van der Waals surface area contributed by atoms with Crippen molar-refractivity contribution in [1.82, 2.24) is 0 Å². The third-order valence-corrected chi connectivity index (χ3v) is 10.0.